The molecule has 0 saturated carbocycles. The minimum absolute atomic E-state index is 0. The summed E-state index contributed by atoms with van der Waals surface area (Å²) < 4.78 is 0. The van der Waals surface area contributed by atoms with Crippen LogP contribution in [0, 0.1) is 0 Å². The van der Waals surface area contributed by atoms with Crippen molar-refractivity contribution in [3.05, 3.63) is 0 Å². The van der Waals surface area contributed by atoms with Gasteiger partial charge in [0.15, 0.2) is 0 Å². The van der Waals surface area contributed by atoms with Crippen molar-refractivity contribution >= 4 is 20.7 Å². The Balaban J connectivity index is 0. The number of hydrogen-bond acceptors (Lipinski definition) is 0. The van der Waals surface area contributed by atoms with Crippen molar-refractivity contribution in [1.82, 2.24) is 0 Å². The molecule has 0 rings (SSSR count). The van der Waals surface area contributed by atoms with Gasteiger partial charge in [-0.05, 0) is 0 Å². The van der Waals surface area contributed by atoms with Crippen molar-refractivity contribution in [3.63, 3.8) is 0 Å². The second-order valence-electron chi connectivity index (χ2n) is 0.289. The average molecular weight is 214 g/mol. The summed E-state index contributed by atoms with van der Waals surface area (Å²) in [5.74, 6) is 0. The summed E-state index contributed by atoms with van der Waals surface area (Å²) in [5, 5.41) is 0. The van der Waals surface area contributed by atoms with Gasteiger partial charge in [-0.25, -0.2) is 0 Å². The molecule has 0 bridgehead atoms. The van der Waals surface area contributed by atoms with Gasteiger partial charge >= 0.3 is 38.4 Å². The molecule has 0 fully saturated rings. The third-order valence-electron chi connectivity index (χ3n) is 0. The number of hydrogen-bond donors (Lipinski definition) is 0. The average Bonchev–Trinajstić information content (AvgIpc) is 0.918. The third-order valence-corrected chi connectivity index (χ3v) is 0. The molecule has 4 heteroatoms. The van der Waals surface area contributed by atoms with E-state index < -0.39 is 0 Å². The molecule has 0 aromatic heterocycles. The van der Waals surface area contributed by atoms with Crippen LogP contribution in [0.2, 0.25) is 0 Å². The van der Waals surface area contributed by atoms with Crippen LogP contribution in [-0.2, 0) is 34.2 Å². The Morgan fingerprint density at radius 1 is 1.75 bits per heavy atom. The fourth-order valence-corrected chi connectivity index (χ4v) is 0. The molecule has 0 amide bonds. The maximum atomic E-state index is 2.27. The molecule has 0 aromatic carbocycles. The summed E-state index contributed by atoms with van der Waals surface area (Å²) in [6.07, 6.45) is 0. The molecule has 0 saturated heterocycles. The molecule has 0 radical (unpaired) electrons. The van der Waals surface area contributed by atoms with E-state index in [1.54, 1.807) is 0 Å². The van der Waals surface area contributed by atoms with E-state index in [0.29, 0.717) is 11.9 Å². The maximum absolute atomic E-state index is 2.27. The van der Waals surface area contributed by atoms with Crippen molar-refractivity contribution in [1.29, 1.82) is 0 Å². The van der Waals surface area contributed by atoms with Gasteiger partial charge in [0.05, 0.1) is 0 Å². The van der Waals surface area contributed by atoms with Crippen LogP contribution in [-0.4, -0.2) is 20.7 Å². The predicted molar refractivity (Wildman–Crippen MR) is 17.1 cm³/mol. The SMILES string of the molecule is [Ni].[SiH3][AlH][Mo]. The normalized spacial score (nSPS) is 4.00. The van der Waals surface area contributed by atoms with E-state index in [2.05, 4.69) is 17.7 Å². The van der Waals surface area contributed by atoms with E-state index in [1.807, 2.05) is 0 Å². The fourth-order valence-electron chi connectivity index (χ4n) is 0. The Morgan fingerprint density at radius 3 is 1.75 bits per heavy atom. The second-order valence-corrected chi connectivity index (χ2v) is 15.4. The zero-order chi connectivity index (χ0) is 2.71. The summed E-state index contributed by atoms with van der Waals surface area (Å²) in [6, 6.07) is 0. The second kappa shape index (κ2) is 8.87. The molecule has 0 unspecified atom stereocenters. The van der Waals surface area contributed by atoms with E-state index in [4.69, 9.17) is 0 Å². The molecular formula is H4AlMoNiSi. The van der Waals surface area contributed by atoms with Crippen LogP contribution in [0.4, 0.5) is 0 Å². The van der Waals surface area contributed by atoms with Gasteiger partial charge in [-0.2, -0.15) is 0 Å². The van der Waals surface area contributed by atoms with Crippen LogP contribution >= 0.6 is 0 Å². The molecule has 0 aromatic rings. The Morgan fingerprint density at radius 2 is 1.75 bits per heavy atom. The first-order valence-electron chi connectivity index (χ1n) is 0.996. The molecule has 0 N–H and O–H groups in total. The molecule has 0 spiro atoms. The van der Waals surface area contributed by atoms with Gasteiger partial charge in [0.25, 0.3) is 0 Å². The van der Waals surface area contributed by atoms with Crippen molar-refractivity contribution in [2.45, 2.75) is 0 Å². The summed E-state index contributed by atoms with van der Waals surface area (Å²) in [6.45, 7) is 0. The summed E-state index contributed by atoms with van der Waals surface area (Å²) >= 11 is 2.84. The zero-order valence-electron chi connectivity index (χ0n) is 2.43. The van der Waals surface area contributed by atoms with Crippen LogP contribution in [0.25, 0.3) is 0 Å². The molecule has 27 valence electrons. The topological polar surface area (TPSA) is 0 Å². The van der Waals surface area contributed by atoms with Gasteiger partial charge in [0.2, 0.25) is 0 Å². The monoisotopic (exact) mass is 215 g/mol. The zero-order valence-corrected chi connectivity index (χ0v) is 8.84. The summed E-state index contributed by atoms with van der Waals surface area (Å²) in [4.78, 5) is 0. The van der Waals surface area contributed by atoms with E-state index in [-0.39, 0.29) is 16.5 Å². The quantitative estimate of drug-likeness (QED) is 0.415. The van der Waals surface area contributed by atoms with E-state index in [1.165, 1.54) is 8.80 Å². The molecule has 0 aliphatic heterocycles. The third kappa shape index (κ3) is 9.06. The Labute approximate surface area is 54.4 Å². The number of rotatable bonds is 0. The Bertz CT molecular complexity index is 8.00. The molecular weight excluding hydrogens is 210 g/mol. The first kappa shape index (κ1) is 9.33. The van der Waals surface area contributed by atoms with Crippen LogP contribution < -0.4 is 0 Å². The molecule has 0 heterocycles. The first-order valence-corrected chi connectivity index (χ1v) is 11.5. The molecule has 4 heavy (non-hydrogen) atoms. The van der Waals surface area contributed by atoms with Gasteiger partial charge in [-0.1, -0.05) is 0 Å². The van der Waals surface area contributed by atoms with Crippen LogP contribution in [0.1, 0.15) is 0 Å². The standard InChI is InChI=1S/Al.Mo.Ni.H3Si.H/h;;;1H3;. The Hall–Kier alpha value is 1.93. The van der Waals surface area contributed by atoms with Crippen molar-refractivity contribution < 1.29 is 34.2 Å². The van der Waals surface area contributed by atoms with Gasteiger partial charge in [0.1, 0.15) is 0 Å². The van der Waals surface area contributed by atoms with Crippen LogP contribution in [0.5, 0.6) is 0 Å². The van der Waals surface area contributed by atoms with Crippen LogP contribution in [0.3, 0.4) is 0 Å². The van der Waals surface area contributed by atoms with Gasteiger partial charge in [-0.15, -0.1) is 0 Å². The predicted octanol–water partition coefficient (Wildman–Crippen LogP) is -1.84. The van der Waals surface area contributed by atoms with Crippen molar-refractivity contribution in [2.24, 2.45) is 0 Å². The molecule has 0 atom stereocenters. The molecule has 0 aliphatic carbocycles. The van der Waals surface area contributed by atoms with Gasteiger partial charge < -0.3 is 0 Å². The van der Waals surface area contributed by atoms with E-state index in [9.17, 15) is 0 Å². The Kier molecular flexibility index (Phi) is 20.7. The molecule has 0 aliphatic rings. The molecule has 0 nitrogen and oxygen atoms in total. The first-order chi connectivity index (χ1) is 1.41. The summed E-state index contributed by atoms with van der Waals surface area (Å²) in [7, 11) is 1.51. The van der Waals surface area contributed by atoms with Crippen LogP contribution in [0.15, 0.2) is 0 Å². The van der Waals surface area contributed by atoms with E-state index >= 15 is 0 Å². The van der Waals surface area contributed by atoms with Crippen molar-refractivity contribution in [2.75, 3.05) is 0 Å². The van der Waals surface area contributed by atoms with Gasteiger partial charge in [0, 0.05) is 16.5 Å². The summed E-state index contributed by atoms with van der Waals surface area (Å²) in [5.41, 5.74) is 0. The van der Waals surface area contributed by atoms with E-state index in [0.717, 1.165) is 0 Å². The fraction of sp³-hybridized carbons (Fsp3) is 0. The van der Waals surface area contributed by atoms with Gasteiger partial charge in [-0.3, -0.25) is 0 Å². The minimum atomic E-state index is 0. The van der Waals surface area contributed by atoms with Crippen molar-refractivity contribution in [3.8, 4) is 0 Å².